The topological polar surface area (TPSA) is 62.3 Å². The lowest BCUT2D eigenvalue weighted by atomic mass is 9.93. The summed E-state index contributed by atoms with van der Waals surface area (Å²) in [6.45, 7) is 3.36. The third kappa shape index (κ3) is 3.10. The first-order valence-electron chi connectivity index (χ1n) is 6.55. The minimum absolute atomic E-state index is 0.180. The summed E-state index contributed by atoms with van der Waals surface area (Å²) in [6.07, 6.45) is 3.41. The van der Waals surface area contributed by atoms with E-state index >= 15 is 0 Å². The van der Waals surface area contributed by atoms with E-state index in [1.54, 1.807) is 26.2 Å². The Morgan fingerprint density at radius 1 is 1.37 bits per heavy atom. The molecule has 1 N–H and O–H groups in total. The quantitative estimate of drug-likeness (QED) is 0.889. The number of nitrogens with one attached hydrogen (secondary N) is 1. The van der Waals surface area contributed by atoms with E-state index in [9.17, 15) is 9.59 Å². The fourth-order valence-electron chi connectivity index (χ4n) is 2.41. The number of ketones is 1. The number of hydrogen-bond acceptors (Lipinski definition) is 4. The van der Waals surface area contributed by atoms with Crippen LogP contribution in [0.25, 0.3) is 0 Å². The van der Waals surface area contributed by atoms with E-state index in [1.807, 2.05) is 6.07 Å². The maximum atomic E-state index is 11.6. The lowest BCUT2D eigenvalue weighted by Crippen LogP contribution is -2.36. The van der Waals surface area contributed by atoms with Crippen molar-refractivity contribution in [2.45, 2.75) is 19.8 Å². The molecule has 102 valence electrons. The molecule has 1 aliphatic heterocycles. The second-order valence-corrected chi connectivity index (χ2v) is 4.85. The Bertz CT molecular complexity index is 479. The number of rotatable bonds is 3. The number of Topliss-reactive ketones (excluding diaryl/α,β-unsaturated/α-hetero) is 1. The van der Waals surface area contributed by atoms with Crippen LogP contribution in [0.3, 0.4) is 0 Å². The van der Waals surface area contributed by atoms with Crippen LogP contribution >= 0.6 is 0 Å². The van der Waals surface area contributed by atoms with Crippen LogP contribution in [0.4, 0.5) is 5.69 Å². The van der Waals surface area contributed by atoms with Crippen LogP contribution in [0, 0.1) is 5.92 Å². The minimum atomic E-state index is -0.180. The highest BCUT2D eigenvalue weighted by Crippen LogP contribution is 2.23. The molecule has 5 nitrogen and oxygen atoms in total. The van der Waals surface area contributed by atoms with Gasteiger partial charge in [-0.05, 0) is 31.9 Å². The van der Waals surface area contributed by atoms with Crippen LogP contribution in [0.1, 0.15) is 30.3 Å². The van der Waals surface area contributed by atoms with Crippen molar-refractivity contribution >= 4 is 17.4 Å². The summed E-state index contributed by atoms with van der Waals surface area (Å²) in [4.78, 5) is 29.2. The Hall–Kier alpha value is -1.91. The van der Waals surface area contributed by atoms with Crippen LogP contribution in [-0.4, -0.2) is 36.8 Å². The molecule has 1 aromatic heterocycles. The molecule has 0 spiro atoms. The van der Waals surface area contributed by atoms with Gasteiger partial charge < -0.3 is 10.2 Å². The number of anilines is 1. The highest BCUT2D eigenvalue weighted by Gasteiger charge is 2.22. The zero-order chi connectivity index (χ0) is 13.8. The summed E-state index contributed by atoms with van der Waals surface area (Å²) in [5, 5.41) is 2.57. The van der Waals surface area contributed by atoms with Gasteiger partial charge in [-0.25, -0.2) is 0 Å². The molecule has 0 unspecified atom stereocenters. The maximum Gasteiger partial charge on any atom is 0.269 e. The molecule has 1 aromatic rings. The molecular formula is C14H19N3O2. The lowest BCUT2D eigenvalue weighted by molar-refractivity contribution is -0.121. The van der Waals surface area contributed by atoms with Gasteiger partial charge in [0, 0.05) is 37.9 Å². The second-order valence-electron chi connectivity index (χ2n) is 4.85. The van der Waals surface area contributed by atoms with Crippen LogP contribution in [0.5, 0.6) is 0 Å². The van der Waals surface area contributed by atoms with Crippen LogP contribution in [0.2, 0.25) is 0 Å². The molecule has 0 aromatic carbocycles. The van der Waals surface area contributed by atoms with Crippen molar-refractivity contribution in [2.75, 3.05) is 25.0 Å². The number of pyridine rings is 1. The fourth-order valence-corrected chi connectivity index (χ4v) is 2.41. The first-order chi connectivity index (χ1) is 9.11. The molecule has 2 heterocycles. The van der Waals surface area contributed by atoms with Gasteiger partial charge in [0.25, 0.3) is 5.91 Å². The number of amides is 1. The second kappa shape index (κ2) is 5.82. The molecule has 0 aliphatic carbocycles. The molecule has 1 saturated heterocycles. The van der Waals surface area contributed by atoms with Crippen LogP contribution in [-0.2, 0) is 4.79 Å². The molecule has 2 rings (SSSR count). The summed E-state index contributed by atoms with van der Waals surface area (Å²) in [6, 6.07) is 3.70. The number of hydrogen-bond donors (Lipinski definition) is 1. The molecule has 0 saturated carbocycles. The van der Waals surface area contributed by atoms with E-state index in [-0.39, 0.29) is 17.6 Å². The number of piperidine rings is 1. The summed E-state index contributed by atoms with van der Waals surface area (Å²) in [5.74, 6) is 0.289. The maximum absolute atomic E-state index is 11.6. The first kappa shape index (κ1) is 13.5. The van der Waals surface area contributed by atoms with Gasteiger partial charge in [0.15, 0.2) is 0 Å². The van der Waals surface area contributed by atoms with Crippen molar-refractivity contribution in [1.82, 2.24) is 10.3 Å². The predicted octanol–water partition coefficient (Wildman–Crippen LogP) is 1.25. The number of carbonyl (C=O) groups excluding carboxylic acids is 2. The molecule has 0 atom stereocenters. The average Bonchev–Trinajstić information content (AvgIpc) is 2.46. The van der Waals surface area contributed by atoms with E-state index in [4.69, 9.17) is 0 Å². The predicted molar refractivity (Wildman–Crippen MR) is 73.2 cm³/mol. The van der Waals surface area contributed by atoms with Crippen molar-refractivity contribution < 1.29 is 9.59 Å². The van der Waals surface area contributed by atoms with Gasteiger partial charge in [0.05, 0.1) is 0 Å². The van der Waals surface area contributed by atoms with Gasteiger partial charge in [-0.15, -0.1) is 0 Å². The Morgan fingerprint density at radius 3 is 2.63 bits per heavy atom. The molecule has 1 fully saturated rings. The van der Waals surface area contributed by atoms with E-state index in [0.29, 0.717) is 5.69 Å². The van der Waals surface area contributed by atoms with Crippen LogP contribution < -0.4 is 10.2 Å². The third-order valence-electron chi connectivity index (χ3n) is 3.64. The molecule has 0 radical (unpaired) electrons. The Morgan fingerprint density at radius 2 is 2.05 bits per heavy atom. The molecular weight excluding hydrogens is 242 g/mol. The van der Waals surface area contributed by atoms with Gasteiger partial charge in [-0.1, -0.05) is 0 Å². The van der Waals surface area contributed by atoms with Crippen molar-refractivity contribution in [1.29, 1.82) is 0 Å². The highest BCUT2D eigenvalue weighted by atomic mass is 16.1. The van der Waals surface area contributed by atoms with E-state index in [0.717, 1.165) is 31.6 Å². The zero-order valence-electron chi connectivity index (χ0n) is 11.3. The summed E-state index contributed by atoms with van der Waals surface area (Å²) in [7, 11) is 1.59. The Kier molecular flexibility index (Phi) is 4.14. The first-order valence-corrected chi connectivity index (χ1v) is 6.55. The monoisotopic (exact) mass is 261 g/mol. The summed E-state index contributed by atoms with van der Waals surface area (Å²) >= 11 is 0. The fraction of sp³-hybridized carbons (Fsp3) is 0.500. The van der Waals surface area contributed by atoms with Crippen molar-refractivity contribution in [2.24, 2.45) is 5.92 Å². The van der Waals surface area contributed by atoms with Crippen LogP contribution in [0.15, 0.2) is 18.3 Å². The number of nitrogens with zero attached hydrogens (tertiary/aromatic N) is 2. The van der Waals surface area contributed by atoms with E-state index < -0.39 is 0 Å². The number of carbonyl (C=O) groups is 2. The molecule has 19 heavy (non-hydrogen) atoms. The molecule has 5 heteroatoms. The third-order valence-corrected chi connectivity index (χ3v) is 3.64. The molecule has 0 bridgehead atoms. The average molecular weight is 261 g/mol. The van der Waals surface area contributed by atoms with Gasteiger partial charge in [0.1, 0.15) is 11.5 Å². The highest BCUT2D eigenvalue weighted by molar-refractivity contribution is 5.92. The molecule has 1 amide bonds. The van der Waals surface area contributed by atoms with E-state index in [1.165, 1.54) is 0 Å². The molecule has 1 aliphatic rings. The SMILES string of the molecule is CNC(=O)c1cc(N2CCC(C(C)=O)CC2)ccn1. The van der Waals surface area contributed by atoms with Crippen molar-refractivity contribution in [3.63, 3.8) is 0 Å². The van der Waals surface area contributed by atoms with Crippen molar-refractivity contribution in [3.05, 3.63) is 24.0 Å². The van der Waals surface area contributed by atoms with Gasteiger partial charge >= 0.3 is 0 Å². The number of aromatic nitrogens is 1. The van der Waals surface area contributed by atoms with Crippen molar-refractivity contribution in [3.8, 4) is 0 Å². The summed E-state index contributed by atoms with van der Waals surface area (Å²) < 4.78 is 0. The Labute approximate surface area is 113 Å². The Balaban J connectivity index is 2.07. The standard InChI is InChI=1S/C14H19N3O2/c1-10(18)11-4-7-17(8-5-11)12-3-6-16-13(9-12)14(19)15-2/h3,6,9,11H,4-5,7-8H2,1-2H3,(H,15,19). The largest absolute Gasteiger partial charge is 0.371 e. The minimum Gasteiger partial charge on any atom is -0.371 e. The van der Waals surface area contributed by atoms with Gasteiger partial charge in [0.2, 0.25) is 0 Å². The lowest BCUT2D eigenvalue weighted by Gasteiger charge is -2.32. The van der Waals surface area contributed by atoms with Gasteiger partial charge in [-0.2, -0.15) is 0 Å². The van der Waals surface area contributed by atoms with Gasteiger partial charge in [-0.3, -0.25) is 14.6 Å². The smallest absolute Gasteiger partial charge is 0.269 e. The zero-order valence-corrected chi connectivity index (χ0v) is 11.3. The summed E-state index contributed by atoms with van der Waals surface area (Å²) in [5.41, 5.74) is 1.42. The van der Waals surface area contributed by atoms with E-state index in [2.05, 4.69) is 15.2 Å². The normalized spacial score (nSPS) is 16.2.